The lowest BCUT2D eigenvalue weighted by molar-refractivity contribution is -0.116. The van der Waals surface area contributed by atoms with Crippen LogP contribution in [0.5, 0.6) is 11.5 Å². The molecule has 0 unspecified atom stereocenters. The molecular formula is C12H17NO4. The van der Waals surface area contributed by atoms with Crippen LogP contribution in [0.3, 0.4) is 0 Å². The van der Waals surface area contributed by atoms with Gasteiger partial charge in [0.2, 0.25) is 5.91 Å². The smallest absolute Gasteiger partial charge is 0.224 e. The number of carbonyl (C=O) groups is 1. The van der Waals surface area contributed by atoms with Crippen LogP contribution in [-0.2, 0) is 4.79 Å². The van der Waals surface area contributed by atoms with E-state index in [1.54, 1.807) is 25.3 Å². The number of ether oxygens (including phenoxy) is 2. The zero-order chi connectivity index (χ0) is 12.7. The van der Waals surface area contributed by atoms with E-state index in [1.807, 2.05) is 0 Å². The molecule has 0 heterocycles. The average molecular weight is 239 g/mol. The summed E-state index contributed by atoms with van der Waals surface area (Å²) in [6.45, 7) is 0.0132. The maximum absolute atomic E-state index is 11.4. The van der Waals surface area contributed by atoms with Crippen LogP contribution in [0.2, 0.25) is 0 Å². The van der Waals surface area contributed by atoms with Gasteiger partial charge in [0.05, 0.1) is 14.2 Å². The minimum atomic E-state index is -0.133. The SMILES string of the molecule is COc1ccc(NC(=O)CCCO)cc1OC. The average Bonchev–Trinajstić information content (AvgIpc) is 2.36. The number of anilines is 1. The molecule has 94 valence electrons. The second-order valence-electron chi connectivity index (χ2n) is 3.45. The second-order valence-corrected chi connectivity index (χ2v) is 3.45. The lowest BCUT2D eigenvalue weighted by Crippen LogP contribution is -2.11. The summed E-state index contributed by atoms with van der Waals surface area (Å²) in [5.74, 6) is 1.04. The van der Waals surface area contributed by atoms with Gasteiger partial charge in [-0.2, -0.15) is 0 Å². The first kappa shape index (κ1) is 13.3. The Balaban J connectivity index is 2.68. The minimum absolute atomic E-state index is 0.0132. The Hall–Kier alpha value is -1.75. The molecule has 0 aliphatic heterocycles. The molecule has 1 amide bonds. The zero-order valence-corrected chi connectivity index (χ0v) is 10.0. The number of nitrogens with one attached hydrogen (secondary N) is 1. The molecule has 17 heavy (non-hydrogen) atoms. The first-order chi connectivity index (χ1) is 8.21. The largest absolute Gasteiger partial charge is 0.493 e. The minimum Gasteiger partial charge on any atom is -0.493 e. The number of hydrogen-bond donors (Lipinski definition) is 2. The summed E-state index contributed by atoms with van der Waals surface area (Å²) in [5.41, 5.74) is 0.644. The summed E-state index contributed by atoms with van der Waals surface area (Å²) >= 11 is 0. The van der Waals surface area contributed by atoms with Crippen molar-refractivity contribution >= 4 is 11.6 Å². The van der Waals surface area contributed by atoms with Gasteiger partial charge in [0, 0.05) is 24.8 Å². The molecule has 0 radical (unpaired) electrons. The van der Waals surface area contributed by atoms with Gasteiger partial charge in [0.1, 0.15) is 0 Å². The number of amides is 1. The summed E-state index contributed by atoms with van der Waals surface area (Å²) in [7, 11) is 3.09. The van der Waals surface area contributed by atoms with Crippen molar-refractivity contribution in [2.45, 2.75) is 12.8 Å². The number of benzene rings is 1. The summed E-state index contributed by atoms with van der Waals surface area (Å²) in [5, 5.41) is 11.3. The molecule has 0 bridgehead atoms. The molecule has 1 aromatic carbocycles. The fourth-order valence-corrected chi connectivity index (χ4v) is 1.38. The van der Waals surface area contributed by atoms with Crippen LogP contribution >= 0.6 is 0 Å². The van der Waals surface area contributed by atoms with E-state index < -0.39 is 0 Å². The van der Waals surface area contributed by atoms with Gasteiger partial charge in [-0.1, -0.05) is 0 Å². The van der Waals surface area contributed by atoms with E-state index in [0.29, 0.717) is 30.0 Å². The number of hydrogen-bond acceptors (Lipinski definition) is 4. The van der Waals surface area contributed by atoms with Crippen LogP contribution in [0.25, 0.3) is 0 Å². The quantitative estimate of drug-likeness (QED) is 0.787. The zero-order valence-electron chi connectivity index (χ0n) is 10.0. The molecule has 0 atom stereocenters. The molecular weight excluding hydrogens is 222 g/mol. The third kappa shape index (κ3) is 3.96. The Morgan fingerprint density at radius 3 is 2.59 bits per heavy atom. The molecule has 1 aromatic rings. The third-order valence-electron chi connectivity index (χ3n) is 2.23. The van der Waals surface area contributed by atoms with Gasteiger partial charge < -0.3 is 19.9 Å². The van der Waals surface area contributed by atoms with Gasteiger partial charge in [-0.25, -0.2) is 0 Å². The Labute approximate surface area is 100 Å². The maximum atomic E-state index is 11.4. The van der Waals surface area contributed by atoms with Crippen molar-refractivity contribution in [2.75, 3.05) is 26.1 Å². The van der Waals surface area contributed by atoms with E-state index in [1.165, 1.54) is 7.11 Å². The summed E-state index contributed by atoms with van der Waals surface area (Å²) < 4.78 is 10.2. The van der Waals surface area contributed by atoms with E-state index in [2.05, 4.69) is 5.32 Å². The Kier molecular flexibility index (Phi) is 5.29. The van der Waals surface area contributed by atoms with Crippen molar-refractivity contribution in [2.24, 2.45) is 0 Å². The number of carbonyl (C=O) groups excluding carboxylic acids is 1. The fourth-order valence-electron chi connectivity index (χ4n) is 1.38. The first-order valence-corrected chi connectivity index (χ1v) is 5.34. The topological polar surface area (TPSA) is 67.8 Å². The number of methoxy groups -OCH3 is 2. The van der Waals surface area contributed by atoms with Gasteiger partial charge in [0.15, 0.2) is 11.5 Å². The Bertz CT molecular complexity index is 379. The van der Waals surface area contributed by atoms with E-state index in [4.69, 9.17) is 14.6 Å². The Morgan fingerprint density at radius 1 is 1.29 bits per heavy atom. The van der Waals surface area contributed by atoms with Gasteiger partial charge in [-0.3, -0.25) is 4.79 Å². The van der Waals surface area contributed by atoms with Gasteiger partial charge in [0.25, 0.3) is 0 Å². The molecule has 2 N–H and O–H groups in total. The van der Waals surface area contributed by atoms with Crippen LogP contribution in [0.1, 0.15) is 12.8 Å². The van der Waals surface area contributed by atoms with Crippen molar-refractivity contribution in [1.29, 1.82) is 0 Å². The summed E-state index contributed by atoms with van der Waals surface area (Å²) in [4.78, 5) is 11.4. The van der Waals surface area contributed by atoms with E-state index in [-0.39, 0.29) is 12.5 Å². The van der Waals surface area contributed by atoms with E-state index in [0.717, 1.165) is 0 Å². The highest BCUT2D eigenvalue weighted by molar-refractivity contribution is 5.91. The monoisotopic (exact) mass is 239 g/mol. The van der Waals surface area contributed by atoms with Crippen molar-refractivity contribution < 1.29 is 19.4 Å². The fraction of sp³-hybridized carbons (Fsp3) is 0.417. The van der Waals surface area contributed by atoms with Crippen molar-refractivity contribution in [3.05, 3.63) is 18.2 Å². The standard InChI is InChI=1S/C12H17NO4/c1-16-10-6-5-9(8-11(10)17-2)13-12(15)4-3-7-14/h5-6,8,14H,3-4,7H2,1-2H3,(H,13,15). The molecule has 0 saturated heterocycles. The molecule has 0 saturated carbocycles. The Morgan fingerprint density at radius 2 is 2.00 bits per heavy atom. The van der Waals surface area contributed by atoms with Crippen LogP contribution in [-0.4, -0.2) is 31.8 Å². The van der Waals surface area contributed by atoms with E-state index in [9.17, 15) is 4.79 Å². The molecule has 0 aromatic heterocycles. The maximum Gasteiger partial charge on any atom is 0.224 e. The van der Waals surface area contributed by atoms with Crippen molar-refractivity contribution in [1.82, 2.24) is 0 Å². The number of aliphatic hydroxyl groups is 1. The molecule has 0 fully saturated rings. The second kappa shape index (κ2) is 6.75. The van der Waals surface area contributed by atoms with Crippen molar-refractivity contribution in [3.63, 3.8) is 0 Å². The van der Waals surface area contributed by atoms with Gasteiger partial charge >= 0.3 is 0 Å². The first-order valence-electron chi connectivity index (χ1n) is 5.34. The van der Waals surface area contributed by atoms with Gasteiger partial charge in [-0.15, -0.1) is 0 Å². The van der Waals surface area contributed by atoms with E-state index >= 15 is 0 Å². The lowest BCUT2D eigenvalue weighted by atomic mass is 10.2. The van der Waals surface area contributed by atoms with Crippen LogP contribution in [0, 0.1) is 0 Å². The number of aliphatic hydroxyl groups excluding tert-OH is 1. The normalized spacial score (nSPS) is 9.82. The van der Waals surface area contributed by atoms with Crippen LogP contribution < -0.4 is 14.8 Å². The van der Waals surface area contributed by atoms with Crippen LogP contribution in [0.15, 0.2) is 18.2 Å². The highest BCUT2D eigenvalue weighted by Crippen LogP contribution is 2.29. The summed E-state index contributed by atoms with van der Waals surface area (Å²) in [6.07, 6.45) is 0.754. The van der Waals surface area contributed by atoms with Crippen LogP contribution in [0.4, 0.5) is 5.69 Å². The predicted molar refractivity (Wildman–Crippen MR) is 64.5 cm³/mol. The molecule has 0 aliphatic carbocycles. The molecule has 0 aliphatic rings. The van der Waals surface area contributed by atoms with Gasteiger partial charge in [-0.05, 0) is 18.6 Å². The number of rotatable bonds is 6. The summed E-state index contributed by atoms with van der Waals surface area (Å²) in [6, 6.07) is 5.15. The molecule has 5 nitrogen and oxygen atoms in total. The highest BCUT2D eigenvalue weighted by atomic mass is 16.5. The molecule has 1 rings (SSSR count). The molecule has 0 spiro atoms. The molecule has 5 heteroatoms. The van der Waals surface area contributed by atoms with Crippen molar-refractivity contribution in [3.8, 4) is 11.5 Å². The third-order valence-corrected chi connectivity index (χ3v) is 2.23. The highest BCUT2D eigenvalue weighted by Gasteiger charge is 2.06. The lowest BCUT2D eigenvalue weighted by Gasteiger charge is -2.10. The predicted octanol–water partition coefficient (Wildman–Crippen LogP) is 1.41.